The Kier molecular flexibility index (Phi) is 21.7. The molecule has 0 fully saturated rings. The molecule has 0 spiro atoms. The van der Waals surface area contributed by atoms with Gasteiger partial charge in [0, 0.05) is 0 Å². The lowest BCUT2D eigenvalue weighted by Gasteiger charge is -2.34. The number of carboxylic acid groups (broad SMARTS) is 4. The Morgan fingerprint density at radius 2 is 0.960 bits per heavy atom. The smallest absolute Gasteiger partial charge is 0.336 e. The van der Waals surface area contributed by atoms with Gasteiger partial charge in [-0.1, -0.05) is 136 Å². The number of aryl methyl sites for hydroxylation is 1. The number of hydrogen-bond acceptors (Lipinski definition) is 4. The topological polar surface area (TPSA) is 149 Å². The highest BCUT2D eigenvalue weighted by Crippen LogP contribution is 2.40. The minimum absolute atomic E-state index is 0.00420. The lowest BCUT2D eigenvalue weighted by atomic mass is 9.70. The van der Waals surface area contributed by atoms with Crippen LogP contribution >= 0.6 is 0 Å². The van der Waals surface area contributed by atoms with E-state index in [1.807, 2.05) is 6.07 Å². The minimum atomic E-state index is -1.19. The van der Waals surface area contributed by atoms with Gasteiger partial charge in [-0.2, -0.15) is 0 Å². The zero-order valence-corrected chi connectivity index (χ0v) is 31.5. The maximum atomic E-state index is 11.9. The Labute approximate surface area is 300 Å². The molecule has 8 heteroatoms. The summed E-state index contributed by atoms with van der Waals surface area (Å²) >= 11 is 0. The van der Waals surface area contributed by atoms with Crippen LogP contribution in [0.2, 0.25) is 0 Å². The average Bonchev–Trinajstić information content (AvgIpc) is 3.09. The largest absolute Gasteiger partial charge is 0.478 e. The van der Waals surface area contributed by atoms with E-state index in [1.165, 1.54) is 57.1 Å². The second-order valence-electron chi connectivity index (χ2n) is 13.6. The highest BCUT2D eigenvalue weighted by molar-refractivity contribution is 6.03. The molecule has 8 nitrogen and oxygen atoms in total. The highest BCUT2D eigenvalue weighted by atomic mass is 16.4. The first-order valence-electron chi connectivity index (χ1n) is 19.2. The fraction of sp³-hybridized carbons (Fsp3) is 0.619. The molecule has 0 radical (unpaired) electrons. The van der Waals surface area contributed by atoms with Crippen LogP contribution in [-0.2, 0) is 18.3 Å². The van der Waals surface area contributed by atoms with Crippen LogP contribution in [0.25, 0.3) is 0 Å². The van der Waals surface area contributed by atoms with E-state index in [2.05, 4.69) is 34.6 Å². The van der Waals surface area contributed by atoms with Gasteiger partial charge in [-0.15, -0.1) is 0 Å². The van der Waals surface area contributed by atoms with Crippen molar-refractivity contribution < 1.29 is 39.6 Å². The highest BCUT2D eigenvalue weighted by Gasteiger charge is 2.34. The van der Waals surface area contributed by atoms with Crippen LogP contribution < -0.4 is 0 Å². The summed E-state index contributed by atoms with van der Waals surface area (Å²) in [5.41, 5.74) is 1.92. The first-order valence-corrected chi connectivity index (χ1v) is 19.2. The van der Waals surface area contributed by atoms with E-state index in [4.69, 9.17) is 0 Å². The maximum Gasteiger partial charge on any atom is 0.336 e. The molecule has 0 saturated carbocycles. The molecule has 0 aliphatic heterocycles. The van der Waals surface area contributed by atoms with E-state index in [0.29, 0.717) is 12.0 Å². The summed E-state index contributed by atoms with van der Waals surface area (Å²) < 4.78 is 0. The van der Waals surface area contributed by atoms with Crippen LogP contribution in [0, 0.1) is 0 Å². The van der Waals surface area contributed by atoms with Gasteiger partial charge in [0.15, 0.2) is 0 Å². The molecule has 280 valence electrons. The van der Waals surface area contributed by atoms with E-state index in [-0.39, 0.29) is 27.7 Å². The lowest BCUT2D eigenvalue weighted by Crippen LogP contribution is -2.28. The van der Waals surface area contributed by atoms with Crippen LogP contribution in [0.4, 0.5) is 0 Å². The number of benzene rings is 2. The summed E-state index contributed by atoms with van der Waals surface area (Å²) in [6.07, 6.45) is 21.1. The Hall–Kier alpha value is -3.68. The fourth-order valence-electron chi connectivity index (χ4n) is 7.05. The van der Waals surface area contributed by atoms with Crippen molar-refractivity contribution in [3.05, 3.63) is 69.3 Å². The van der Waals surface area contributed by atoms with Crippen molar-refractivity contribution >= 4 is 23.9 Å². The summed E-state index contributed by atoms with van der Waals surface area (Å²) in [6, 6.07) is 8.13. The number of aromatic carboxylic acids is 4. The molecule has 0 aliphatic rings. The van der Waals surface area contributed by atoms with Gasteiger partial charge in [0.25, 0.3) is 0 Å². The molecule has 0 heterocycles. The first-order chi connectivity index (χ1) is 24.0. The van der Waals surface area contributed by atoms with Gasteiger partial charge < -0.3 is 20.4 Å². The Morgan fingerprint density at radius 3 is 1.44 bits per heavy atom. The van der Waals surface area contributed by atoms with Crippen LogP contribution in [0.15, 0.2) is 30.3 Å². The third-order valence-electron chi connectivity index (χ3n) is 10.1. The maximum absolute atomic E-state index is 11.9. The van der Waals surface area contributed by atoms with E-state index < -0.39 is 23.9 Å². The van der Waals surface area contributed by atoms with Crippen LogP contribution in [0.1, 0.15) is 208 Å². The average molecular weight is 697 g/mol. The quantitative estimate of drug-likeness (QED) is 0.0749. The van der Waals surface area contributed by atoms with Crippen molar-refractivity contribution in [2.75, 3.05) is 0 Å². The van der Waals surface area contributed by atoms with Crippen molar-refractivity contribution in [1.82, 2.24) is 0 Å². The zero-order chi connectivity index (χ0) is 37.5. The lowest BCUT2D eigenvalue weighted by molar-refractivity contribution is 0.0648. The molecule has 0 saturated heterocycles. The second-order valence-corrected chi connectivity index (χ2v) is 13.6. The summed E-state index contributed by atoms with van der Waals surface area (Å²) in [7, 11) is 0. The molecule has 0 amide bonds. The first kappa shape index (κ1) is 44.3. The third-order valence-corrected chi connectivity index (χ3v) is 10.1. The molecule has 4 N–H and O–H groups in total. The summed E-state index contributed by atoms with van der Waals surface area (Å²) in [6.45, 7) is 10.6. The van der Waals surface area contributed by atoms with Gasteiger partial charge >= 0.3 is 23.9 Å². The number of unbranched alkanes of at least 4 members (excludes halogenated alkanes) is 12. The van der Waals surface area contributed by atoms with Gasteiger partial charge in [0.2, 0.25) is 0 Å². The Bertz CT molecular complexity index is 1340. The predicted molar refractivity (Wildman–Crippen MR) is 201 cm³/mol. The molecule has 50 heavy (non-hydrogen) atoms. The van der Waals surface area contributed by atoms with Crippen molar-refractivity contribution in [3.8, 4) is 0 Å². The fourth-order valence-corrected chi connectivity index (χ4v) is 7.05. The van der Waals surface area contributed by atoms with Gasteiger partial charge in [-0.05, 0) is 79.2 Å². The Balaban J connectivity index is 0.000000515. The van der Waals surface area contributed by atoms with E-state index >= 15 is 0 Å². The Morgan fingerprint density at radius 1 is 0.500 bits per heavy atom. The molecule has 0 aliphatic carbocycles. The number of carbonyl (C=O) groups is 4. The van der Waals surface area contributed by atoms with E-state index in [0.717, 1.165) is 88.2 Å². The monoisotopic (exact) mass is 696 g/mol. The summed E-state index contributed by atoms with van der Waals surface area (Å²) in [5.74, 6) is -4.63. The van der Waals surface area contributed by atoms with Crippen molar-refractivity contribution in [1.29, 1.82) is 0 Å². The SMILES string of the molecule is CCCCCC(CC)(CC)c1cccc(C(=O)O)c1C(=O)O.CCCCCCCCc1ccc(C(=O)O)c(C(=O)O)c1CCCCCCCC. The molecule has 2 aromatic carbocycles. The molecule has 0 unspecified atom stereocenters. The van der Waals surface area contributed by atoms with Gasteiger partial charge in [-0.25, -0.2) is 19.2 Å². The number of hydrogen-bond donors (Lipinski definition) is 4. The molecule has 0 aromatic heterocycles. The van der Waals surface area contributed by atoms with Gasteiger partial charge in [0.1, 0.15) is 0 Å². The van der Waals surface area contributed by atoms with Crippen molar-refractivity contribution in [2.24, 2.45) is 0 Å². The molecular weight excluding hydrogens is 632 g/mol. The second kappa shape index (κ2) is 24.5. The van der Waals surface area contributed by atoms with E-state index in [1.54, 1.807) is 12.1 Å². The van der Waals surface area contributed by atoms with Crippen LogP contribution in [0.3, 0.4) is 0 Å². The van der Waals surface area contributed by atoms with Crippen LogP contribution in [-0.4, -0.2) is 44.3 Å². The molecule has 0 atom stereocenters. The normalized spacial score (nSPS) is 11.1. The van der Waals surface area contributed by atoms with Crippen molar-refractivity contribution in [3.63, 3.8) is 0 Å². The predicted octanol–water partition coefficient (Wildman–Crippen LogP) is 11.6. The molecule has 2 rings (SSSR count). The minimum Gasteiger partial charge on any atom is -0.478 e. The van der Waals surface area contributed by atoms with Crippen LogP contribution in [0.5, 0.6) is 0 Å². The zero-order valence-electron chi connectivity index (χ0n) is 31.5. The molecule has 0 bridgehead atoms. The standard InChI is InChI=1S/C24H38O4.C18H26O4/c1-3-5-7-9-11-13-15-19-17-18-21(23(25)26)22(24(27)28)20(19)16-14-12-10-8-6-4-2;1-4-7-8-12-18(5-2,6-3)14-11-9-10-13(16(19)20)15(14)17(21)22/h17-18H,3-16H2,1-2H3,(H,25,26)(H,27,28);9-11H,4-8,12H2,1-3H3,(H,19,20)(H,21,22). The third kappa shape index (κ3) is 13.9. The summed E-state index contributed by atoms with van der Waals surface area (Å²) in [5, 5.41) is 38.0. The van der Waals surface area contributed by atoms with E-state index in [9.17, 15) is 39.6 Å². The van der Waals surface area contributed by atoms with Gasteiger partial charge in [0.05, 0.1) is 22.3 Å². The summed E-state index contributed by atoms with van der Waals surface area (Å²) in [4.78, 5) is 46.5. The number of carboxylic acids is 4. The number of rotatable bonds is 25. The molecule has 2 aromatic rings. The van der Waals surface area contributed by atoms with Crippen molar-refractivity contribution in [2.45, 2.75) is 168 Å². The van der Waals surface area contributed by atoms with Gasteiger partial charge in [-0.3, -0.25) is 0 Å². The molecular formula is C42H64O8.